The Morgan fingerprint density at radius 1 is 1.15 bits per heavy atom. The lowest BCUT2D eigenvalue weighted by Gasteiger charge is -2.39. The number of rotatable bonds is 3. The second-order valence-electron chi connectivity index (χ2n) is 5.91. The highest BCUT2D eigenvalue weighted by atomic mass is 32.5. The van der Waals surface area contributed by atoms with Crippen molar-refractivity contribution in [1.29, 1.82) is 0 Å². The number of carbonyl (C=O) groups excluding carboxylic acids is 2. The summed E-state index contributed by atoms with van der Waals surface area (Å²) in [5.41, 5.74) is -2.17. The number of fused-ring (bicyclic) bond motifs is 1. The van der Waals surface area contributed by atoms with E-state index in [4.69, 9.17) is 0 Å². The molecule has 1 aliphatic rings. The largest absolute Gasteiger partial charge is 0.468 e. The van der Waals surface area contributed by atoms with Crippen molar-refractivity contribution < 1.29 is 33.8 Å². The van der Waals surface area contributed by atoms with Crippen molar-refractivity contribution in [3.8, 4) is 0 Å². The number of nitrogens with zero attached hydrogens (tertiary/aromatic N) is 1. The van der Waals surface area contributed by atoms with Crippen LogP contribution in [0, 0.1) is 0 Å². The molecular formula is C16H12F5NO3S. The van der Waals surface area contributed by atoms with Crippen LogP contribution in [0.5, 0.6) is 0 Å². The van der Waals surface area contributed by atoms with Crippen molar-refractivity contribution in [3.05, 3.63) is 59.3 Å². The van der Waals surface area contributed by atoms with Crippen LogP contribution in [0.4, 0.5) is 19.4 Å². The first kappa shape index (κ1) is 18.3. The summed E-state index contributed by atoms with van der Waals surface area (Å²) >= 11 is 0. The van der Waals surface area contributed by atoms with Crippen LogP contribution in [0.15, 0.2) is 47.6 Å². The number of pyridine rings is 1. The van der Waals surface area contributed by atoms with E-state index in [0.717, 1.165) is 13.2 Å². The minimum absolute atomic E-state index is 0.0578. The minimum atomic E-state index is -10.1. The van der Waals surface area contributed by atoms with Gasteiger partial charge in [-0.05, 0) is 23.3 Å². The van der Waals surface area contributed by atoms with Crippen LogP contribution in [0.1, 0.15) is 21.5 Å². The number of aromatic nitrogens is 1. The maximum absolute atomic E-state index is 13.1. The Kier molecular flexibility index (Phi) is 3.39. The molecule has 0 aliphatic heterocycles. The quantitative estimate of drug-likeness (QED) is 0.435. The number of hydrogen-bond acceptors (Lipinski definition) is 4. The molecular weight excluding hydrogens is 381 g/mol. The van der Waals surface area contributed by atoms with Crippen LogP contribution in [-0.4, -0.2) is 23.8 Å². The molecule has 0 saturated carbocycles. The second-order valence-corrected chi connectivity index (χ2v) is 8.27. The highest BCUT2D eigenvalue weighted by Gasteiger charge is 2.67. The molecule has 1 heterocycles. The van der Waals surface area contributed by atoms with Crippen LogP contribution in [0.25, 0.3) is 0 Å². The molecule has 0 spiro atoms. The minimum Gasteiger partial charge on any atom is -0.468 e. The Morgan fingerprint density at radius 2 is 1.81 bits per heavy atom. The number of halogens is 5. The van der Waals surface area contributed by atoms with Crippen molar-refractivity contribution in [3.63, 3.8) is 0 Å². The summed E-state index contributed by atoms with van der Waals surface area (Å²) in [5.74, 6) is -1.93. The Bertz CT molecular complexity index is 945. The van der Waals surface area contributed by atoms with Crippen LogP contribution >= 0.6 is 10.2 Å². The zero-order valence-electron chi connectivity index (χ0n) is 13.2. The summed E-state index contributed by atoms with van der Waals surface area (Å²) in [4.78, 5) is 28.0. The van der Waals surface area contributed by atoms with Gasteiger partial charge in [0.2, 0.25) is 0 Å². The fourth-order valence-corrected chi connectivity index (χ4v) is 3.68. The fraction of sp³-hybridized carbons (Fsp3) is 0.188. The van der Waals surface area contributed by atoms with Gasteiger partial charge in [0.05, 0.1) is 7.11 Å². The van der Waals surface area contributed by atoms with Gasteiger partial charge < -0.3 is 4.74 Å². The lowest BCUT2D eigenvalue weighted by molar-refractivity contribution is -0.145. The molecule has 10 heteroatoms. The van der Waals surface area contributed by atoms with Gasteiger partial charge in [-0.2, -0.15) is 0 Å². The first-order valence-electron chi connectivity index (χ1n) is 7.21. The number of esters is 1. The number of carbonyl (C=O) groups is 2. The maximum atomic E-state index is 13.1. The highest BCUT2D eigenvalue weighted by molar-refractivity contribution is 8.45. The Balaban J connectivity index is 2.26. The molecule has 0 amide bonds. The van der Waals surface area contributed by atoms with Gasteiger partial charge >= 0.3 is 16.2 Å². The third-order valence-corrected chi connectivity index (χ3v) is 5.28. The molecule has 0 fully saturated rings. The number of Topliss-reactive ketones (excluding diaryl/α,β-unsaturated/α-hetero) is 1. The van der Waals surface area contributed by atoms with Gasteiger partial charge in [-0.3, -0.25) is 9.59 Å². The Morgan fingerprint density at radius 3 is 2.38 bits per heavy atom. The van der Waals surface area contributed by atoms with Crippen LogP contribution < -0.4 is 0 Å². The van der Waals surface area contributed by atoms with E-state index in [0.29, 0.717) is 11.8 Å². The van der Waals surface area contributed by atoms with E-state index in [2.05, 4.69) is 9.72 Å². The molecule has 0 radical (unpaired) electrons. The summed E-state index contributed by atoms with van der Waals surface area (Å²) in [6.45, 7) is 0. The Labute approximate surface area is 144 Å². The third-order valence-electron chi connectivity index (χ3n) is 4.26. The third kappa shape index (κ3) is 2.74. The van der Waals surface area contributed by atoms with Crippen molar-refractivity contribution in [2.24, 2.45) is 0 Å². The van der Waals surface area contributed by atoms with Crippen molar-refractivity contribution in [2.75, 3.05) is 7.11 Å². The molecule has 1 unspecified atom stereocenters. The lowest BCUT2D eigenvalue weighted by atomic mass is 9.77. The molecule has 3 rings (SSSR count). The van der Waals surface area contributed by atoms with E-state index in [1.165, 1.54) is 18.2 Å². The van der Waals surface area contributed by atoms with Crippen molar-refractivity contribution in [1.82, 2.24) is 4.98 Å². The molecule has 0 bridgehead atoms. The molecule has 2 aromatic rings. The first-order valence-corrected chi connectivity index (χ1v) is 9.16. The van der Waals surface area contributed by atoms with Crippen LogP contribution in [0.3, 0.4) is 0 Å². The SMILES string of the molecule is COC(=O)C1(c2ccnc(S(F)(F)(F)(F)F)c2)Cc2ccccc2C1=O. The fourth-order valence-electron chi connectivity index (χ4n) is 3.07. The maximum Gasteiger partial charge on any atom is 0.325 e. The number of hydrogen-bond donors (Lipinski definition) is 0. The zero-order chi connectivity index (χ0) is 19.4. The summed E-state index contributed by atoms with van der Waals surface area (Å²) in [6, 6.07) is 7.05. The monoisotopic (exact) mass is 393 g/mol. The van der Waals surface area contributed by atoms with Crippen LogP contribution in [0.2, 0.25) is 0 Å². The van der Waals surface area contributed by atoms with Crippen molar-refractivity contribution in [2.45, 2.75) is 16.9 Å². The first-order chi connectivity index (χ1) is 11.8. The second kappa shape index (κ2) is 4.81. The zero-order valence-corrected chi connectivity index (χ0v) is 14.0. The molecule has 1 aromatic heterocycles. The van der Waals surface area contributed by atoms with Gasteiger partial charge in [-0.25, -0.2) is 4.98 Å². The van der Waals surface area contributed by atoms with Gasteiger partial charge in [-0.15, -0.1) is 0 Å². The van der Waals surface area contributed by atoms with Gasteiger partial charge in [0.15, 0.2) is 16.2 Å². The number of benzene rings is 1. The molecule has 0 N–H and O–H groups in total. The predicted molar refractivity (Wildman–Crippen MR) is 83.8 cm³/mol. The number of methoxy groups -OCH3 is 1. The smallest absolute Gasteiger partial charge is 0.325 e. The predicted octanol–water partition coefficient (Wildman–Crippen LogP) is 4.59. The lowest BCUT2D eigenvalue weighted by Crippen LogP contribution is -2.43. The standard InChI is InChI=1S/C16H12F5NO3S/c1-25-15(24)16(9-10-4-2-3-5-12(10)14(16)23)11-6-7-22-13(8-11)26(17,18,19,20)21/h2-8H,9H2,1H3. The van der Waals surface area contributed by atoms with Gasteiger partial charge in [0.25, 0.3) is 0 Å². The summed E-state index contributed by atoms with van der Waals surface area (Å²) in [7, 11) is -9.12. The molecule has 140 valence electrons. The molecule has 1 atom stereocenters. The summed E-state index contributed by atoms with van der Waals surface area (Å²) in [5, 5.41) is -2.41. The van der Waals surface area contributed by atoms with Gasteiger partial charge in [0, 0.05) is 18.2 Å². The van der Waals surface area contributed by atoms with Crippen molar-refractivity contribution >= 4 is 22.0 Å². The average molecular weight is 393 g/mol. The van der Waals surface area contributed by atoms with E-state index >= 15 is 0 Å². The van der Waals surface area contributed by atoms with E-state index < -0.39 is 38.0 Å². The Hall–Kier alpha value is -2.49. The van der Waals surface area contributed by atoms with E-state index in [-0.39, 0.29) is 18.1 Å². The molecule has 1 aliphatic carbocycles. The van der Waals surface area contributed by atoms with E-state index in [1.807, 2.05) is 0 Å². The van der Waals surface area contributed by atoms with Crippen LogP contribution in [-0.2, 0) is 21.4 Å². The molecule has 26 heavy (non-hydrogen) atoms. The summed E-state index contributed by atoms with van der Waals surface area (Å²) < 4.78 is 70.2. The van der Waals surface area contributed by atoms with E-state index in [1.54, 1.807) is 6.07 Å². The number of ether oxygens (including phenoxy) is 1. The topological polar surface area (TPSA) is 56.3 Å². The average Bonchev–Trinajstić information content (AvgIpc) is 2.86. The van der Waals surface area contributed by atoms with E-state index in [9.17, 15) is 29.0 Å². The molecule has 1 aromatic carbocycles. The van der Waals surface area contributed by atoms with Gasteiger partial charge in [0.1, 0.15) is 0 Å². The highest BCUT2D eigenvalue weighted by Crippen LogP contribution is 3.01. The molecule has 4 nitrogen and oxygen atoms in total. The van der Waals surface area contributed by atoms with Gasteiger partial charge in [-0.1, -0.05) is 43.7 Å². The number of ketones is 1. The molecule has 0 saturated heterocycles. The normalized spacial score (nSPS) is 22.3. The summed E-state index contributed by atoms with van der Waals surface area (Å²) in [6.07, 6.45) is 0.210.